The molecule has 0 aliphatic carbocycles. The van der Waals surface area contributed by atoms with Crippen LogP contribution in [0, 0.1) is 0 Å². The number of phosphoric ester groups is 1. The zero-order valence-corrected chi connectivity index (χ0v) is 30.3. The second-order valence-corrected chi connectivity index (χ2v) is 12.6. The summed E-state index contributed by atoms with van der Waals surface area (Å²) in [6.45, 7) is 30.7. The van der Waals surface area contributed by atoms with Crippen LogP contribution in [0.4, 0.5) is 0 Å². The van der Waals surface area contributed by atoms with E-state index in [1.807, 2.05) is 0 Å². The van der Waals surface area contributed by atoms with Crippen molar-refractivity contribution in [3.63, 3.8) is 0 Å². The van der Waals surface area contributed by atoms with Gasteiger partial charge in [-0.2, -0.15) is 0 Å². The van der Waals surface area contributed by atoms with Crippen LogP contribution in [0.15, 0.2) is 12.2 Å². The molecule has 41 heavy (non-hydrogen) atoms. The molecule has 0 N–H and O–H groups in total. The van der Waals surface area contributed by atoms with Crippen molar-refractivity contribution in [1.82, 2.24) is 0 Å². The second-order valence-electron chi connectivity index (χ2n) is 11.4. The van der Waals surface area contributed by atoms with Gasteiger partial charge < -0.3 is 27.8 Å². The van der Waals surface area contributed by atoms with Crippen LogP contribution < -0.4 is 9.79 Å². The molecule has 0 radical (unpaired) electrons. The summed E-state index contributed by atoms with van der Waals surface area (Å²) in [5, 5.41) is 0. The number of rotatable bonds is 25. The molecule has 0 aromatic rings. The summed E-state index contributed by atoms with van der Waals surface area (Å²) in [6.07, 6.45) is 21.4. The Balaban J connectivity index is -0.000000654. The molecule has 0 aliphatic heterocycles. The lowest BCUT2D eigenvalue weighted by atomic mass is 10.1. The number of phosphoric acid groups is 1. The van der Waals surface area contributed by atoms with Crippen molar-refractivity contribution in [3.05, 3.63) is 12.2 Å². The molecule has 0 amide bonds. The van der Waals surface area contributed by atoms with Gasteiger partial charge in [0.2, 0.25) is 0 Å². The van der Waals surface area contributed by atoms with Crippen LogP contribution in [-0.4, -0.2) is 67.9 Å². The largest absolute Gasteiger partial charge is 0.790 e. The molecule has 0 saturated carbocycles. The van der Waals surface area contributed by atoms with Gasteiger partial charge in [-0.15, -0.1) is 0 Å². The Bertz CT molecular complexity index is 532. The summed E-state index contributed by atoms with van der Waals surface area (Å²) >= 11 is 0. The van der Waals surface area contributed by atoms with E-state index < -0.39 is 7.82 Å². The van der Waals surface area contributed by atoms with Crippen LogP contribution in [0.25, 0.3) is 0 Å². The van der Waals surface area contributed by atoms with E-state index in [1.54, 1.807) is 0 Å². The number of quaternary nitrogens is 2. The zero-order valence-electron chi connectivity index (χ0n) is 29.4. The van der Waals surface area contributed by atoms with E-state index in [0.29, 0.717) is 6.42 Å². The van der Waals surface area contributed by atoms with Crippen LogP contribution in [0.2, 0.25) is 0 Å². The SMILES string of the molecule is CCCCCCCC/C=C\CCCCCCCCOP(=O)([O-])[O-].CC[N+](CC)(CC)CC.CC[N+](CC)(CC)CC. The lowest BCUT2D eigenvalue weighted by Gasteiger charge is -2.34. The molecular formula is C34H75N2O4P. The van der Waals surface area contributed by atoms with Gasteiger partial charge in [-0.05, 0) is 87.5 Å². The van der Waals surface area contributed by atoms with Crippen LogP contribution in [0.1, 0.15) is 152 Å². The number of nitrogens with zero attached hydrogens (tertiary/aromatic N) is 2. The minimum atomic E-state index is -4.76. The number of allylic oxidation sites excluding steroid dienone is 2. The van der Waals surface area contributed by atoms with Gasteiger partial charge in [0.15, 0.2) is 0 Å². The summed E-state index contributed by atoms with van der Waals surface area (Å²) in [7, 11) is -4.76. The highest BCUT2D eigenvalue weighted by Crippen LogP contribution is 2.24. The maximum Gasteiger partial charge on any atom is 0.0757 e. The van der Waals surface area contributed by atoms with Gasteiger partial charge in [-0.25, -0.2) is 0 Å². The fraction of sp³-hybridized carbons (Fsp3) is 0.941. The van der Waals surface area contributed by atoms with Gasteiger partial charge in [0.1, 0.15) is 0 Å². The maximum atomic E-state index is 10.2. The Hall–Kier alpha value is -0.230. The lowest BCUT2D eigenvalue weighted by molar-refractivity contribution is -0.921. The van der Waals surface area contributed by atoms with Crippen LogP contribution in [0.3, 0.4) is 0 Å². The Labute approximate surface area is 258 Å². The topological polar surface area (TPSA) is 72.4 Å². The molecule has 7 heteroatoms. The van der Waals surface area contributed by atoms with Crippen molar-refractivity contribution in [1.29, 1.82) is 0 Å². The maximum absolute atomic E-state index is 10.2. The number of hydrogen-bond donors (Lipinski definition) is 0. The van der Waals surface area contributed by atoms with E-state index in [2.05, 4.69) is 79.0 Å². The smallest absolute Gasteiger partial charge is 0.0757 e. The van der Waals surface area contributed by atoms with Crippen molar-refractivity contribution >= 4 is 7.82 Å². The van der Waals surface area contributed by atoms with Gasteiger partial charge >= 0.3 is 0 Å². The normalized spacial score (nSPS) is 12.2. The molecule has 0 unspecified atom stereocenters. The first-order valence-corrected chi connectivity index (χ1v) is 19.0. The first-order valence-electron chi connectivity index (χ1n) is 17.6. The highest BCUT2D eigenvalue weighted by Gasteiger charge is 2.17. The first kappa shape index (κ1) is 45.2. The van der Waals surface area contributed by atoms with Crippen molar-refractivity contribution in [3.8, 4) is 0 Å². The Morgan fingerprint density at radius 2 is 0.780 bits per heavy atom. The van der Waals surface area contributed by atoms with Crippen LogP contribution in [0.5, 0.6) is 0 Å². The van der Waals surface area contributed by atoms with E-state index in [4.69, 9.17) is 0 Å². The molecule has 250 valence electrons. The minimum absolute atomic E-state index is 0.0332. The predicted molar refractivity (Wildman–Crippen MR) is 178 cm³/mol. The number of hydrogen-bond acceptors (Lipinski definition) is 4. The van der Waals surface area contributed by atoms with Gasteiger partial charge in [0, 0.05) is 0 Å². The van der Waals surface area contributed by atoms with E-state index in [0.717, 1.165) is 25.7 Å². The molecule has 0 aliphatic rings. The first-order chi connectivity index (χ1) is 19.5. The van der Waals surface area contributed by atoms with E-state index in [9.17, 15) is 14.4 Å². The molecular weight excluding hydrogens is 531 g/mol. The highest BCUT2D eigenvalue weighted by atomic mass is 31.2. The third kappa shape index (κ3) is 29.6. The summed E-state index contributed by atoms with van der Waals surface area (Å²) < 4.78 is 17.0. The quantitative estimate of drug-likeness (QED) is 0.0451. The Kier molecular flexibility index (Phi) is 34.4. The van der Waals surface area contributed by atoms with Gasteiger partial charge in [0.05, 0.1) is 66.8 Å². The van der Waals surface area contributed by atoms with Crippen LogP contribution in [-0.2, 0) is 9.09 Å². The fourth-order valence-corrected chi connectivity index (χ4v) is 5.56. The summed E-state index contributed by atoms with van der Waals surface area (Å²) in [5.74, 6) is 0. The van der Waals surface area contributed by atoms with E-state index in [1.165, 1.54) is 119 Å². The summed E-state index contributed by atoms with van der Waals surface area (Å²) in [5.41, 5.74) is 0. The van der Waals surface area contributed by atoms with Gasteiger partial charge in [0.25, 0.3) is 0 Å². The monoisotopic (exact) mass is 607 g/mol. The lowest BCUT2D eigenvalue weighted by Crippen LogP contribution is -2.47. The Morgan fingerprint density at radius 1 is 0.488 bits per heavy atom. The zero-order chi connectivity index (χ0) is 31.9. The van der Waals surface area contributed by atoms with Crippen molar-refractivity contribution in [2.75, 3.05) is 59.0 Å². The van der Waals surface area contributed by atoms with Crippen molar-refractivity contribution in [2.24, 2.45) is 0 Å². The summed E-state index contributed by atoms with van der Waals surface area (Å²) in [6, 6.07) is 0. The second kappa shape index (κ2) is 31.2. The van der Waals surface area contributed by atoms with Gasteiger partial charge in [-0.1, -0.05) is 76.9 Å². The predicted octanol–water partition coefficient (Wildman–Crippen LogP) is 8.63. The minimum Gasteiger partial charge on any atom is -0.790 e. The van der Waals surface area contributed by atoms with Crippen molar-refractivity contribution in [2.45, 2.75) is 152 Å². The average molecular weight is 607 g/mol. The molecule has 0 bridgehead atoms. The molecule has 0 atom stereocenters. The molecule has 0 saturated heterocycles. The third-order valence-electron chi connectivity index (χ3n) is 9.27. The molecule has 6 nitrogen and oxygen atoms in total. The molecule has 0 fully saturated rings. The van der Waals surface area contributed by atoms with Crippen LogP contribution >= 0.6 is 7.82 Å². The highest BCUT2D eigenvalue weighted by molar-refractivity contribution is 7.43. The molecule has 0 aromatic heterocycles. The molecule has 0 spiro atoms. The molecule has 0 rings (SSSR count). The molecule has 0 aromatic carbocycles. The fourth-order valence-electron chi connectivity index (χ4n) is 5.21. The van der Waals surface area contributed by atoms with E-state index in [-0.39, 0.29) is 6.61 Å². The standard InChI is InChI=1S/C18H37O4P.2C8H20N/c1-2-3-4-5-6-7-8-9-10-11-12-13-14-15-16-17-18-22-23(19,20)21;2*1-5-9(6-2,7-3)8-4/h9-10H,2-8,11-18H2,1H3,(H2,19,20,21);2*5-8H2,1-4H3/q;2*+1/p-2/b10-9-;;. The Morgan fingerprint density at radius 3 is 1.05 bits per heavy atom. The molecule has 0 heterocycles. The summed E-state index contributed by atoms with van der Waals surface area (Å²) in [4.78, 5) is 20.5. The third-order valence-corrected chi connectivity index (χ3v) is 9.77. The van der Waals surface area contributed by atoms with E-state index >= 15 is 0 Å². The average Bonchev–Trinajstić information content (AvgIpc) is 2.98. The van der Waals surface area contributed by atoms with Crippen molar-refractivity contribution < 1.29 is 27.8 Å². The number of unbranched alkanes of at least 4 members (excludes halogenated alkanes) is 12. The van der Waals surface area contributed by atoms with Gasteiger partial charge in [-0.3, -0.25) is 0 Å².